The minimum atomic E-state index is 0.425. The van der Waals surface area contributed by atoms with E-state index in [1.54, 1.807) is 19.5 Å². The maximum atomic E-state index is 5.89. The van der Waals surface area contributed by atoms with Crippen molar-refractivity contribution in [2.75, 3.05) is 18.6 Å². The van der Waals surface area contributed by atoms with Crippen LogP contribution in [0.4, 0.5) is 5.82 Å². The molecule has 98 valence electrons. The average Bonchev–Trinajstić information content (AvgIpc) is 2.46. The molecule has 4 nitrogen and oxygen atoms in total. The zero-order valence-corrected chi connectivity index (χ0v) is 11.4. The fourth-order valence-corrected chi connectivity index (χ4v) is 2.48. The van der Waals surface area contributed by atoms with Gasteiger partial charge in [0.25, 0.3) is 0 Å². The van der Waals surface area contributed by atoms with E-state index >= 15 is 0 Å². The third kappa shape index (κ3) is 2.49. The Kier molecular flexibility index (Phi) is 3.25. The van der Waals surface area contributed by atoms with Gasteiger partial charge in [0.15, 0.2) is 0 Å². The number of ether oxygens (including phenoxy) is 1. The van der Waals surface area contributed by atoms with Crippen molar-refractivity contribution in [3.8, 4) is 5.75 Å². The molecule has 1 aromatic carbocycles. The Hall–Kier alpha value is -1.81. The van der Waals surface area contributed by atoms with E-state index in [4.69, 9.17) is 16.3 Å². The zero-order chi connectivity index (χ0) is 13.2. The number of hydrogen-bond donors (Lipinski definition) is 0. The Labute approximate surface area is 117 Å². The van der Waals surface area contributed by atoms with E-state index in [-0.39, 0.29) is 0 Å². The summed E-state index contributed by atoms with van der Waals surface area (Å²) in [6, 6.07) is 6.22. The van der Waals surface area contributed by atoms with Crippen molar-refractivity contribution in [2.45, 2.75) is 13.0 Å². The van der Waals surface area contributed by atoms with E-state index in [0.717, 1.165) is 31.1 Å². The van der Waals surface area contributed by atoms with E-state index in [0.29, 0.717) is 5.15 Å². The summed E-state index contributed by atoms with van der Waals surface area (Å²) in [4.78, 5) is 10.6. The van der Waals surface area contributed by atoms with Crippen LogP contribution in [0.2, 0.25) is 5.15 Å². The Morgan fingerprint density at radius 2 is 2.16 bits per heavy atom. The van der Waals surface area contributed by atoms with Crippen molar-refractivity contribution in [1.29, 1.82) is 0 Å². The number of methoxy groups -OCH3 is 1. The summed E-state index contributed by atoms with van der Waals surface area (Å²) in [6.45, 7) is 1.73. The lowest BCUT2D eigenvalue weighted by atomic mass is 9.99. The van der Waals surface area contributed by atoms with Crippen LogP contribution >= 0.6 is 11.6 Å². The van der Waals surface area contributed by atoms with Gasteiger partial charge in [0.1, 0.15) is 16.7 Å². The number of benzene rings is 1. The molecule has 0 saturated carbocycles. The summed E-state index contributed by atoms with van der Waals surface area (Å²) >= 11 is 5.89. The second kappa shape index (κ2) is 5.05. The minimum Gasteiger partial charge on any atom is -0.497 e. The summed E-state index contributed by atoms with van der Waals surface area (Å²) in [6.07, 6.45) is 4.29. The molecule has 0 saturated heterocycles. The van der Waals surface area contributed by atoms with Crippen molar-refractivity contribution in [2.24, 2.45) is 0 Å². The molecule has 0 amide bonds. The first-order chi connectivity index (χ1) is 9.26. The van der Waals surface area contributed by atoms with Gasteiger partial charge in [0.05, 0.1) is 19.5 Å². The van der Waals surface area contributed by atoms with Crippen LogP contribution in [0.25, 0.3) is 0 Å². The smallest absolute Gasteiger partial charge is 0.149 e. The average molecular weight is 276 g/mol. The first kappa shape index (κ1) is 12.2. The van der Waals surface area contributed by atoms with Crippen molar-refractivity contribution >= 4 is 17.4 Å². The number of nitrogens with zero attached hydrogens (tertiary/aromatic N) is 3. The molecular formula is C14H14ClN3O. The van der Waals surface area contributed by atoms with Gasteiger partial charge < -0.3 is 9.64 Å². The minimum absolute atomic E-state index is 0.425. The first-order valence-corrected chi connectivity index (χ1v) is 6.52. The highest BCUT2D eigenvalue weighted by molar-refractivity contribution is 6.29. The molecule has 2 aromatic rings. The Morgan fingerprint density at radius 3 is 2.95 bits per heavy atom. The molecule has 19 heavy (non-hydrogen) atoms. The number of halogens is 1. The quantitative estimate of drug-likeness (QED) is 0.845. The third-order valence-electron chi connectivity index (χ3n) is 3.34. The maximum Gasteiger partial charge on any atom is 0.149 e. The van der Waals surface area contributed by atoms with Crippen molar-refractivity contribution in [3.05, 3.63) is 46.9 Å². The normalized spacial score (nSPS) is 14.1. The van der Waals surface area contributed by atoms with Gasteiger partial charge in [0, 0.05) is 13.1 Å². The molecule has 0 spiro atoms. The summed E-state index contributed by atoms with van der Waals surface area (Å²) < 4.78 is 5.27. The van der Waals surface area contributed by atoms with Crippen LogP contribution in [-0.2, 0) is 13.0 Å². The maximum absolute atomic E-state index is 5.89. The molecule has 0 fully saturated rings. The Balaban J connectivity index is 1.88. The molecule has 0 N–H and O–H groups in total. The van der Waals surface area contributed by atoms with Crippen LogP contribution in [0.3, 0.4) is 0 Å². The lowest BCUT2D eigenvalue weighted by Crippen LogP contribution is -2.31. The fraction of sp³-hybridized carbons (Fsp3) is 0.286. The van der Waals surface area contributed by atoms with Gasteiger partial charge in [-0.3, -0.25) is 4.98 Å². The fourth-order valence-electron chi connectivity index (χ4n) is 2.34. The van der Waals surface area contributed by atoms with E-state index in [9.17, 15) is 0 Å². The molecule has 1 aliphatic heterocycles. The largest absolute Gasteiger partial charge is 0.497 e. The number of aromatic nitrogens is 2. The van der Waals surface area contributed by atoms with Crippen molar-refractivity contribution < 1.29 is 4.74 Å². The second-order valence-electron chi connectivity index (χ2n) is 4.51. The van der Waals surface area contributed by atoms with Crippen LogP contribution < -0.4 is 9.64 Å². The van der Waals surface area contributed by atoms with Crippen LogP contribution in [0.1, 0.15) is 11.1 Å². The summed E-state index contributed by atoms with van der Waals surface area (Å²) in [5.41, 5.74) is 2.64. The predicted octanol–water partition coefficient (Wildman–Crippen LogP) is 2.70. The Bertz CT molecular complexity index is 603. The van der Waals surface area contributed by atoms with Crippen LogP contribution in [-0.4, -0.2) is 23.6 Å². The van der Waals surface area contributed by atoms with E-state index < -0.39 is 0 Å². The van der Waals surface area contributed by atoms with Gasteiger partial charge in [-0.05, 0) is 29.7 Å². The third-order valence-corrected chi connectivity index (χ3v) is 3.52. The zero-order valence-electron chi connectivity index (χ0n) is 10.6. The predicted molar refractivity (Wildman–Crippen MR) is 74.8 cm³/mol. The first-order valence-electron chi connectivity index (χ1n) is 6.14. The molecule has 1 aromatic heterocycles. The SMILES string of the molecule is COc1ccc2c(c1)CN(c1cncc(Cl)n1)CC2. The van der Waals surface area contributed by atoms with E-state index in [2.05, 4.69) is 27.0 Å². The van der Waals surface area contributed by atoms with Crippen LogP contribution in [0.5, 0.6) is 5.75 Å². The van der Waals surface area contributed by atoms with Gasteiger partial charge in [-0.25, -0.2) is 4.98 Å². The second-order valence-corrected chi connectivity index (χ2v) is 4.89. The molecule has 2 heterocycles. The molecule has 0 aliphatic carbocycles. The number of fused-ring (bicyclic) bond motifs is 1. The van der Waals surface area contributed by atoms with Gasteiger partial charge in [-0.1, -0.05) is 17.7 Å². The number of rotatable bonds is 2. The molecule has 5 heteroatoms. The molecular weight excluding hydrogens is 262 g/mol. The standard InChI is InChI=1S/C14H14ClN3O/c1-19-12-3-2-10-4-5-18(9-11(10)6-12)14-8-16-7-13(15)17-14/h2-3,6-8H,4-5,9H2,1H3. The topological polar surface area (TPSA) is 38.2 Å². The molecule has 0 radical (unpaired) electrons. The number of anilines is 1. The highest BCUT2D eigenvalue weighted by Crippen LogP contribution is 2.26. The van der Waals surface area contributed by atoms with Gasteiger partial charge in [-0.2, -0.15) is 0 Å². The van der Waals surface area contributed by atoms with Crippen molar-refractivity contribution in [3.63, 3.8) is 0 Å². The Morgan fingerprint density at radius 1 is 1.26 bits per heavy atom. The molecule has 0 bridgehead atoms. The summed E-state index contributed by atoms with van der Waals surface area (Å²) in [7, 11) is 1.69. The molecule has 3 rings (SSSR count). The van der Waals surface area contributed by atoms with E-state index in [1.807, 2.05) is 6.07 Å². The number of hydrogen-bond acceptors (Lipinski definition) is 4. The van der Waals surface area contributed by atoms with E-state index in [1.165, 1.54) is 11.1 Å². The molecule has 0 atom stereocenters. The van der Waals surface area contributed by atoms with Crippen LogP contribution in [0.15, 0.2) is 30.6 Å². The van der Waals surface area contributed by atoms with Crippen molar-refractivity contribution in [1.82, 2.24) is 9.97 Å². The highest BCUT2D eigenvalue weighted by atomic mass is 35.5. The van der Waals surface area contributed by atoms with Gasteiger partial charge in [0.2, 0.25) is 0 Å². The van der Waals surface area contributed by atoms with Gasteiger partial charge in [-0.15, -0.1) is 0 Å². The monoisotopic (exact) mass is 275 g/mol. The molecule has 0 unspecified atom stereocenters. The lowest BCUT2D eigenvalue weighted by Gasteiger charge is -2.29. The molecule has 1 aliphatic rings. The summed E-state index contributed by atoms with van der Waals surface area (Å²) in [5.74, 6) is 1.71. The summed E-state index contributed by atoms with van der Waals surface area (Å²) in [5, 5.41) is 0.425. The highest BCUT2D eigenvalue weighted by Gasteiger charge is 2.18. The van der Waals surface area contributed by atoms with Crippen LogP contribution in [0, 0.1) is 0 Å². The lowest BCUT2D eigenvalue weighted by molar-refractivity contribution is 0.413. The van der Waals surface area contributed by atoms with Gasteiger partial charge >= 0.3 is 0 Å².